The number of hydrogen-bond acceptors (Lipinski definition) is 17. The fraction of sp³-hybridized carbons (Fsp3) is 0.724. The van der Waals surface area contributed by atoms with Gasteiger partial charge >= 0.3 is 0 Å². The number of anilines is 2. The van der Waals surface area contributed by atoms with Crippen molar-refractivity contribution in [3.63, 3.8) is 0 Å². The van der Waals surface area contributed by atoms with E-state index < -0.39 is 127 Å². The van der Waals surface area contributed by atoms with Gasteiger partial charge in [0, 0.05) is 48.9 Å². The summed E-state index contributed by atoms with van der Waals surface area (Å²) in [6.45, 7) is 11.6. The topological polar surface area (TPSA) is 448 Å². The highest BCUT2D eigenvalue weighted by molar-refractivity contribution is 6.01. The fourth-order valence-electron chi connectivity index (χ4n) is 9.76. The van der Waals surface area contributed by atoms with Crippen molar-refractivity contribution in [3.05, 3.63) is 23.8 Å². The van der Waals surface area contributed by atoms with Crippen LogP contribution in [-0.2, 0) is 43.2 Å². The molecule has 2 rings (SSSR count). The third-order valence-corrected chi connectivity index (χ3v) is 14.5. The molecule has 27 nitrogen and oxygen atoms in total. The smallest absolute Gasteiger partial charge is 0.251 e. The minimum absolute atomic E-state index is 0.0452. The highest BCUT2D eigenvalue weighted by Gasteiger charge is 2.37. The molecule has 11 atom stereocenters. The van der Waals surface area contributed by atoms with Gasteiger partial charge in [-0.05, 0) is 122 Å². The normalized spacial score (nSPS) is 22.2. The summed E-state index contributed by atoms with van der Waals surface area (Å²) in [7, 11) is 0. The van der Waals surface area contributed by atoms with Crippen molar-refractivity contribution < 1.29 is 58.2 Å². The Morgan fingerprint density at radius 1 is 0.612 bits per heavy atom. The van der Waals surface area contributed by atoms with E-state index in [1.165, 1.54) is 32.0 Å². The first-order valence-corrected chi connectivity index (χ1v) is 30.5. The highest BCUT2D eigenvalue weighted by atomic mass is 16.3. The quantitative estimate of drug-likeness (QED) is 0.0420. The van der Waals surface area contributed by atoms with Crippen molar-refractivity contribution in [2.24, 2.45) is 34.8 Å². The second kappa shape index (κ2) is 40.9. The van der Waals surface area contributed by atoms with Crippen molar-refractivity contribution in [1.82, 2.24) is 47.9 Å². The molecule has 0 aromatic heterocycles. The lowest BCUT2D eigenvalue weighted by Gasteiger charge is -2.31. The Labute approximate surface area is 501 Å². The van der Waals surface area contributed by atoms with E-state index in [2.05, 4.69) is 72.3 Å². The number of nitrogens with one attached hydrogen (secondary N) is 11. The summed E-state index contributed by atoms with van der Waals surface area (Å²) >= 11 is 0. The molecule has 1 aliphatic heterocycles. The van der Waals surface area contributed by atoms with Crippen molar-refractivity contribution in [1.29, 1.82) is 0 Å². The molecule has 0 radical (unpaired) electrons. The standard InChI is InChI=1S/C58H103N15O12/c1-8-11-13-15-17-47(76)65-38-30-37(31-39(32-38)66-48(77)18-16-14-12-9-2)51(78)72-49(35(6)74)41(19-24-59)52(79)69-46-23-28-63-58(85)50(36(7)75)73-57(84)45(22-27-62)70-54(81)43(20-25-60)64-33-40(29-34(4)5)67-53(80)42(10-3)68-55(82)44(21-26-61)71-56(46)83/h30-32,34-36,40-46,49-50,64,74-75H,8-29,33,59-62H2,1-7H3,(H,63,85)(H,65,76)(H,66,77)(H,67,80)(H,68,82)(H,69,79)(H,70,81)(H,71,83)(H,72,78)(H,73,84)/t35?,36?,40-,41+,42+,43-,44-,45-,46-,49-,50-/m0/s1. The minimum Gasteiger partial charge on any atom is -0.391 e. The zero-order chi connectivity index (χ0) is 63.6. The molecule has 85 heavy (non-hydrogen) atoms. The predicted octanol–water partition coefficient (Wildman–Crippen LogP) is -0.781. The second-order valence-electron chi connectivity index (χ2n) is 22.4. The molecule has 1 aromatic carbocycles. The number of hydrogen-bond donors (Lipinski definition) is 17. The van der Waals surface area contributed by atoms with Gasteiger partial charge in [0.25, 0.3) is 5.91 Å². The molecule has 2 unspecified atom stereocenters. The second-order valence-corrected chi connectivity index (χ2v) is 22.4. The Morgan fingerprint density at radius 3 is 1.61 bits per heavy atom. The maximum Gasteiger partial charge on any atom is 0.251 e. The third-order valence-electron chi connectivity index (χ3n) is 14.5. The summed E-state index contributed by atoms with van der Waals surface area (Å²) in [5.74, 6) is -8.33. The molecule has 10 amide bonds. The third kappa shape index (κ3) is 27.7. The molecule has 1 aliphatic rings. The van der Waals surface area contributed by atoms with Crippen molar-refractivity contribution in [2.75, 3.05) is 49.9 Å². The first kappa shape index (κ1) is 74.7. The summed E-state index contributed by atoms with van der Waals surface area (Å²) in [4.78, 5) is 139. The van der Waals surface area contributed by atoms with Gasteiger partial charge in [-0.2, -0.15) is 0 Å². The summed E-state index contributed by atoms with van der Waals surface area (Å²) in [6, 6.07) is -5.60. The molecular weight excluding hydrogens is 1100 g/mol. The number of amides is 10. The highest BCUT2D eigenvalue weighted by Crippen LogP contribution is 2.23. The van der Waals surface area contributed by atoms with Crippen LogP contribution in [0.25, 0.3) is 0 Å². The average Bonchev–Trinajstić information content (AvgIpc) is 3.29. The van der Waals surface area contributed by atoms with Gasteiger partial charge in [-0.3, -0.25) is 47.9 Å². The van der Waals surface area contributed by atoms with Gasteiger partial charge < -0.3 is 91.6 Å². The lowest BCUT2D eigenvalue weighted by molar-refractivity contribution is -0.135. The molecule has 0 saturated carbocycles. The van der Waals surface area contributed by atoms with Crippen LogP contribution in [-0.4, -0.2) is 169 Å². The van der Waals surface area contributed by atoms with Crippen LogP contribution in [0.4, 0.5) is 11.4 Å². The number of carbonyl (C=O) groups excluding carboxylic acids is 10. The van der Waals surface area contributed by atoms with E-state index in [0.717, 1.165) is 38.5 Å². The van der Waals surface area contributed by atoms with Crippen molar-refractivity contribution in [2.45, 2.75) is 218 Å². The molecule has 482 valence electrons. The maximum atomic E-state index is 14.7. The van der Waals surface area contributed by atoms with Crippen LogP contribution < -0.4 is 81.4 Å². The number of nitrogens with two attached hydrogens (primary N) is 4. The van der Waals surface area contributed by atoms with Gasteiger partial charge in [0.15, 0.2) is 0 Å². The molecule has 0 aliphatic carbocycles. The van der Waals surface area contributed by atoms with Crippen molar-refractivity contribution >= 4 is 70.4 Å². The van der Waals surface area contributed by atoms with E-state index in [4.69, 9.17) is 22.9 Å². The van der Waals surface area contributed by atoms with Gasteiger partial charge in [0.05, 0.1) is 30.2 Å². The van der Waals surface area contributed by atoms with Crippen LogP contribution in [0.1, 0.15) is 168 Å². The summed E-state index contributed by atoms with van der Waals surface area (Å²) < 4.78 is 0. The fourth-order valence-corrected chi connectivity index (χ4v) is 9.76. The van der Waals surface area contributed by atoms with Gasteiger partial charge in [0.1, 0.15) is 30.2 Å². The molecule has 0 bridgehead atoms. The number of aliphatic hydroxyl groups excluding tert-OH is 2. The van der Waals surface area contributed by atoms with E-state index >= 15 is 0 Å². The number of rotatable bonds is 30. The Hall–Kier alpha value is -6.36. The summed E-state index contributed by atoms with van der Waals surface area (Å²) in [6.07, 6.45) is 4.20. The van der Waals surface area contributed by atoms with E-state index in [-0.39, 0.29) is 112 Å². The van der Waals surface area contributed by atoms with Crippen LogP contribution >= 0.6 is 0 Å². The molecule has 1 fully saturated rings. The zero-order valence-electron chi connectivity index (χ0n) is 51.2. The van der Waals surface area contributed by atoms with Gasteiger partial charge in [-0.1, -0.05) is 73.1 Å². The largest absolute Gasteiger partial charge is 0.391 e. The summed E-state index contributed by atoms with van der Waals surface area (Å²) in [5, 5.41) is 52.3. The molecule has 21 N–H and O–H groups in total. The average molecular weight is 1200 g/mol. The SMILES string of the molecule is CCCCCCC(=O)Nc1cc(NC(=O)CCCCCC)cc(C(=O)N[C@@H](C(C)O)[C@@H](CCN)C(=O)N[C@H]2CCNC(=O)[C@H](C(C)O)NC(=O)[C@H](CCN)NC(=O)[C@H](CCN)NC[C@H](CC(C)C)NC(=O)[C@@H](CC)NC(=O)[C@H](CCN)NC2=O)c1. The molecule has 1 aromatic rings. The van der Waals surface area contributed by atoms with E-state index in [9.17, 15) is 58.2 Å². The number of aliphatic hydroxyl groups is 2. The van der Waals surface area contributed by atoms with Gasteiger partial charge in [-0.25, -0.2) is 0 Å². The van der Waals surface area contributed by atoms with E-state index in [0.29, 0.717) is 19.3 Å². The van der Waals surface area contributed by atoms with E-state index in [1.807, 2.05) is 13.8 Å². The molecular formula is C58H103N15O12. The monoisotopic (exact) mass is 1200 g/mol. The Morgan fingerprint density at radius 2 is 1.12 bits per heavy atom. The van der Waals surface area contributed by atoms with E-state index in [1.54, 1.807) is 6.92 Å². The number of unbranched alkanes of at least 4 members (excludes halogenated alkanes) is 6. The van der Waals surface area contributed by atoms with Crippen LogP contribution in [0.3, 0.4) is 0 Å². The van der Waals surface area contributed by atoms with Crippen LogP contribution in [0.5, 0.6) is 0 Å². The molecule has 1 saturated heterocycles. The van der Waals surface area contributed by atoms with Gasteiger partial charge in [-0.15, -0.1) is 0 Å². The molecule has 27 heteroatoms. The first-order valence-electron chi connectivity index (χ1n) is 30.5. The Kier molecular flexibility index (Phi) is 35.9. The number of benzene rings is 1. The molecule has 0 spiro atoms. The van der Waals surface area contributed by atoms with Crippen LogP contribution in [0, 0.1) is 11.8 Å². The van der Waals surface area contributed by atoms with Crippen molar-refractivity contribution in [3.8, 4) is 0 Å². The lowest BCUT2D eigenvalue weighted by Crippen LogP contribution is -2.60. The predicted molar refractivity (Wildman–Crippen MR) is 325 cm³/mol. The Bertz CT molecular complexity index is 2250. The van der Waals surface area contributed by atoms with Gasteiger partial charge in [0.2, 0.25) is 53.2 Å². The summed E-state index contributed by atoms with van der Waals surface area (Å²) in [5.41, 5.74) is 24.2. The molecule has 1 heterocycles. The number of carbonyl (C=O) groups is 10. The minimum atomic E-state index is -1.62. The van der Waals surface area contributed by atoms with Crippen LogP contribution in [0.15, 0.2) is 18.2 Å². The zero-order valence-corrected chi connectivity index (χ0v) is 51.2. The van der Waals surface area contributed by atoms with Crippen LogP contribution in [0.2, 0.25) is 0 Å². The Balaban J connectivity index is 2.69. The lowest BCUT2D eigenvalue weighted by atomic mass is 9.90. The first-order chi connectivity index (χ1) is 40.5. The maximum absolute atomic E-state index is 14.7.